The highest BCUT2D eigenvalue weighted by atomic mass is 32.2. The number of nitrogens with zero attached hydrogens (tertiary/aromatic N) is 3. The Morgan fingerprint density at radius 1 is 1.30 bits per heavy atom. The largest absolute Gasteiger partial charge is 0.373 e. The second-order valence-corrected chi connectivity index (χ2v) is 5.32. The van der Waals surface area contributed by atoms with Crippen molar-refractivity contribution < 1.29 is 4.92 Å². The number of anilines is 1. The zero-order chi connectivity index (χ0) is 14.1. The summed E-state index contributed by atoms with van der Waals surface area (Å²) in [6, 6.07) is 6.55. The maximum absolute atomic E-state index is 11.1. The molecule has 1 N–H and O–H groups in total. The Hall–Kier alpha value is -2.15. The molecule has 0 unspecified atom stereocenters. The summed E-state index contributed by atoms with van der Waals surface area (Å²) >= 11 is 1.77. The topological polar surface area (TPSA) is 81.0 Å². The number of nitrogens with one attached hydrogen (secondary N) is 1. The van der Waals surface area contributed by atoms with Gasteiger partial charge in [0.25, 0.3) is 5.69 Å². The molecule has 0 aliphatic carbocycles. The second kappa shape index (κ2) is 5.09. The fourth-order valence-corrected chi connectivity index (χ4v) is 3.24. The van der Waals surface area contributed by atoms with Crippen molar-refractivity contribution in [3.63, 3.8) is 0 Å². The average Bonchev–Trinajstić information content (AvgIpc) is 2.94. The third-order valence-corrected chi connectivity index (χ3v) is 4.13. The van der Waals surface area contributed by atoms with Crippen LogP contribution in [0.25, 0.3) is 11.4 Å². The van der Waals surface area contributed by atoms with E-state index < -0.39 is 4.92 Å². The van der Waals surface area contributed by atoms with Crippen molar-refractivity contribution in [2.45, 2.75) is 11.5 Å². The molecule has 2 aromatic rings. The van der Waals surface area contributed by atoms with Gasteiger partial charge in [0.1, 0.15) is 5.82 Å². The summed E-state index contributed by atoms with van der Waals surface area (Å²) in [7, 11) is 1.80. The van der Waals surface area contributed by atoms with E-state index in [0.717, 1.165) is 28.6 Å². The molecule has 1 aromatic carbocycles. The minimum atomic E-state index is -0.403. The van der Waals surface area contributed by atoms with Gasteiger partial charge in [0, 0.05) is 30.2 Å². The van der Waals surface area contributed by atoms with E-state index in [-0.39, 0.29) is 5.69 Å². The summed E-state index contributed by atoms with van der Waals surface area (Å²) in [6.07, 6.45) is 0. The highest BCUT2D eigenvalue weighted by molar-refractivity contribution is 7.98. The van der Waals surface area contributed by atoms with Crippen LogP contribution in [-0.4, -0.2) is 21.9 Å². The van der Waals surface area contributed by atoms with Crippen molar-refractivity contribution >= 4 is 23.3 Å². The number of hydrogen-bond donors (Lipinski definition) is 1. The molecular formula is C13H12N4O2S. The molecule has 3 rings (SSSR count). The Balaban J connectivity index is 2.19. The summed E-state index contributed by atoms with van der Waals surface area (Å²) in [5.41, 5.74) is 2.54. The molecule has 0 fully saturated rings. The molecular weight excluding hydrogens is 276 g/mol. The van der Waals surface area contributed by atoms with Crippen LogP contribution in [0.5, 0.6) is 0 Å². The lowest BCUT2D eigenvalue weighted by Crippen LogP contribution is -2.04. The van der Waals surface area contributed by atoms with Crippen LogP contribution in [0.3, 0.4) is 0 Å². The molecule has 0 saturated carbocycles. The van der Waals surface area contributed by atoms with Gasteiger partial charge in [0.2, 0.25) is 0 Å². The molecule has 20 heavy (non-hydrogen) atoms. The normalized spacial score (nSPS) is 13.1. The van der Waals surface area contributed by atoms with Crippen LogP contribution < -0.4 is 5.32 Å². The van der Waals surface area contributed by atoms with E-state index in [4.69, 9.17) is 0 Å². The Bertz CT molecular complexity index is 690. The van der Waals surface area contributed by atoms with Crippen LogP contribution in [0.4, 0.5) is 11.5 Å². The highest BCUT2D eigenvalue weighted by Gasteiger charge is 2.23. The quantitative estimate of drug-likeness (QED) is 0.691. The van der Waals surface area contributed by atoms with Crippen LogP contribution >= 0.6 is 11.8 Å². The molecule has 0 spiro atoms. The third-order valence-electron chi connectivity index (χ3n) is 3.16. The number of rotatable bonds is 3. The fraction of sp³-hybridized carbons (Fsp3) is 0.231. The molecule has 2 heterocycles. The molecule has 1 aliphatic rings. The van der Waals surface area contributed by atoms with Gasteiger partial charge >= 0.3 is 0 Å². The van der Waals surface area contributed by atoms with Crippen LogP contribution in [0.15, 0.2) is 24.3 Å². The first kappa shape index (κ1) is 12.9. The molecule has 1 aromatic heterocycles. The van der Waals surface area contributed by atoms with Gasteiger partial charge in [0.15, 0.2) is 5.82 Å². The monoisotopic (exact) mass is 288 g/mol. The van der Waals surface area contributed by atoms with Crippen molar-refractivity contribution in [3.05, 3.63) is 45.6 Å². The molecule has 6 nitrogen and oxygen atoms in total. The van der Waals surface area contributed by atoms with Gasteiger partial charge in [-0.1, -0.05) is 12.1 Å². The van der Waals surface area contributed by atoms with E-state index in [1.54, 1.807) is 37.0 Å². The highest BCUT2D eigenvalue weighted by Crippen LogP contribution is 2.35. The number of nitro groups is 1. The van der Waals surface area contributed by atoms with Gasteiger partial charge in [-0.2, -0.15) is 11.8 Å². The summed E-state index contributed by atoms with van der Waals surface area (Å²) in [5, 5.41) is 14.2. The Labute approximate surface area is 119 Å². The SMILES string of the molecule is CNc1nc(-c2ccccc2[N+](=O)[O-])nc2c1CSC2. The zero-order valence-corrected chi connectivity index (χ0v) is 11.6. The second-order valence-electron chi connectivity index (χ2n) is 4.34. The molecule has 7 heteroatoms. The van der Waals surface area contributed by atoms with Crippen molar-refractivity contribution in [1.29, 1.82) is 0 Å². The number of fused-ring (bicyclic) bond motifs is 1. The van der Waals surface area contributed by atoms with Crippen LogP contribution in [0.1, 0.15) is 11.3 Å². The maximum Gasteiger partial charge on any atom is 0.280 e. The van der Waals surface area contributed by atoms with Gasteiger partial charge in [-0.3, -0.25) is 10.1 Å². The number of hydrogen-bond acceptors (Lipinski definition) is 6. The first-order valence-electron chi connectivity index (χ1n) is 6.09. The smallest absolute Gasteiger partial charge is 0.280 e. The van der Waals surface area contributed by atoms with E-state index in [1.165, 1.54) is 6.07 Å². The van der Waals surface area contributed by atoms with E-state index in [9.17, 15) is 10.1 Å². The predicted octanol–water partition coefficient (Wildman–Crippen LogP) is 2.84. The zero-order valence-electron chi connectivity index (χ0n) is 10.8. The Morgan fingerprint density at radius 2 is 2.10 bits per heavy atom. The van der Waals surface area contributed by atoms with Gasteiger partial charge < -0.3 is 5.32 Å². The number of benzene rings is 1. The third kappa shape index (κ3) is 2.09. The number of nitro benzene ring substituents is 1. The van der Waals surface area contributed by atoms with Crippen LogP contribution in [0, 0.1) is 10.1 Å². The standard InChI is InChI=1S/C13H12N4O2S/c1-14-12-9-6-20-7-10(9)15-13(16-12)8-4-2-3-5-11(8)17(18)19/h2-5H,6-7H2,1H3,(H,14,15,16). The van der Waals surface area contributed by atoms with E-state index in [0.29, 0.717) is 11.4 Å². The lowest BCUT2D eigenvalue weighted by atomic mass is 10.1. The molecule has 0 saturated heterocycles. The predicted molar refractivity (Wildman–Crippen MR) is 78.7 cm³/mol. The fourth-order valence-electron chi connectivity index (χ4n) is 2.20. The number of para-hydroxylation sites is 1. The van der Waals surface area contributed by atoms with Crippen molar-refractivity contribution in [3.8, 4) is 11.4 Å². The molecule has 0 bridgehead atoms. The van der Waals surface area contributed by atoms with Gasteiger partial charge in [-0.15, -0.1) is 0 Å². The number of thioether (sulfide) groups is 1. The molecule has 102 valence electrons. The van der Waals surface area contributed by atoms with Gasteiger partial charge in [-0.25, -0.2) is 9.97 Å². The van der Waals surface area contributed by atoms with Crippen LogP contribution in [-0.2, 0) is 11.5 Å². The molecule has 0 amide bonds. The maximum atomic E-state index is 11.1. The Kier molecular flexibility index (Phi) is 3.27. The first-order chi connectivity index (χ1) is 9.70. The molecule has 0 radical (unpaired) electrons. The summed E-state index contributed by atoms with van der Waals surface area (Å²) in [5.74, 6) is 2.86. The lowest BCUT2D eigenvalue weighted by Gasteiger charge is -2.09. The van der Waals surface area contributed by atoms with E-state index >= 15 is 0 Å². The lowest BCUT2D eigenvalue weighted by molar-refractivity contribution is -0.384. The minimum Gasteiger partial charge on any atom is -0.373 e. The summed E-state index contributed by atoms with van der Waals surface area (Å²) in [6.45, 7) is 0. The van der Waals surface area contributed by atoms with E-state index in [1.807, 2.05) is 0 Å². The van der Waals surface area contributed by atoms with Crippen LogP contribution in [0.2, 0.25) is 0 Å². The molecule has 0 atom stereocenters. The average molecular weight is 288 g/mol. The van der Waals surface area contributed by atoms with Gasteiger partial charge in [0.05, 0.1) is 16.2 Å². The van der Waals surface area contributed by atoms with Crippen molar-refractivity contribution in [1.82, 2.24) is 9.97 Å². The van der Waals surface area contributed by atoms with Crippen molar-refractivity contribution in [2.75, 3.05) is 12.4 Å². The van der Waals surface area contributed by atoms with Gasteiger partial charge in [-0.05, 0) is 6.07 Å². The molecule has 1 aliphatic heterocycles. The minimum absolute atomic E-state index is 0.0279. The summed E-state index contributed by atoms with van der Waals surface area (Å²) in [4.78, 5) is 19.6. The Morgan fingerprint density at radius 3 is 2.85 bits per heavy atom. The van der Waals surface area contributed by atoms with Crippen molar-refractivity contribution in [2.24, 2.45) is 0 Å². The number of aromatic nitrogens is 2. The van der Waals surface area contributed by atoms with E-state index in [2.05, 4.69) is 15.3 Å². The summed E-state index contributed by atoms with van der Waals surface area (Å²) < 4.78 is 0. The first-order valence-corrected chi connectivity index (χ1v) is 7.25.